The normalized spacial score (nSPS) is 18.7. The molecule has 0 spiro atoms. The van der Waals surface area contributed by atoms with Crippen LogP contribution in [0.25, 0.3) is 11.1 Å². The molecule has 0 aromatic heterocycles. The number of hydrogen-bond acceptors (Lipinski definition) is 2. The summed E-state index contributed by atoms with van der Waals surface area (Å²) >= 11 is 0. The molecule has 2 nitrogen and oxygen atoms in total. The molecule has 1 heterocycles. The summed E-state index contributed by atoms with van der Waals surface area (Å²) in [4.78, 5) is 2.60. The summed E-state index contributed by atoms with van der Waals surface area (Å²) in [7, 11) is 0. The summed E-state index contributed by atoms with van der Waals surface area (Å²) in [5.41, 5.74) is 4.81. The van der Waals surface area contributed by atoms with Gasteiger partial charge in [0.05, 0.1) is 6.61 Å². The monoisotopic (exact) mass is 295 g/mol. The molecule has 0 amide bonds. The van der Waals surface area contributed by atoms with Gasteiger partial charge >= 0.3 is 0 Å². The first-order valence-electron chi connectivity index (χ1n) is 8.29. The molecule has 1 atom stereocenters. The molecule has 0 unspecified atom stereocenters. The van der Waals surface area contributed by atoms with Crippen LogP contribution in [-0.4, -0.2) is 29.1 Å². The smallest absolute Gasteiger partial charge is 0.0681 e. The minimum absolute atomic E-state index is 0.105. The largest absolute Gasteiger partial charge is 0.392 e. The number of aliphatic hydroxyl groups is 1. The fourth-order valence-electron chi connectivity index (χ4n) is 3.26. The lowest BCUT2D eigenvalue weighted by atomic mass is 10.0. The summed E-state index contributed by atoms with van der Waals surface area (Å²) in [6.07, 6.45) is 3.83. The second-order valence-electron chi connectivity index (χ2n) is 6.33. The molecular formula is C20H25NO. The Balaban J connectivity index is 1.61. The Morgan fingerprint density at radius 2 is 1.55 bits per heavy atom. The third-order valence-electron chi connectivity index (χ3n) is 4.80. The van der Waals surface area contributed by atoms with Crippen molar-refractivity contribution >= 4 is 0 Å². The number of hydrogen-bond donors (Lipinski definition) is 1. The molecule has 0 aliphatic carbocycles. The molecule has 2 heteroatoms. The molecule has 1 aliphatic heterocycles. The van der Waals surface area contributed by atoms with Gasteiger partial charge in [-0.2, -0.15) is 0 Å². The first-order valence-corrected chi connectivity index (χ1v) is 8.29. The van der Waals surface area contributed by atoms with E-state index in [4.69, 9.17) is 5.11 Å². The number of rotatable bonds is 5. The van der Waals surface area contributed by atoms with Gasteiger partial charge in [0.1, 0.15) is 0 Å². The Morgan fingerprint density at radius 3 is 2.05 bits per heavy atom. The lowest BCUT2D eigenvalue weighted by Gasteiger charge is -2.20. The highest BCUT2D eigenvalue weighted by atomic mass is 16.3. The number of aliphatic hydroxyl groups excluding tert-OH is 1. The van der Waals surface area contributed by atoms with Gasteiger partial charge in [0, 0.05) is 12.6 Å². The summed E-state index contributed by atoms with van der Waals surface area (Å²) in [6, 6.07) is 17.8. The molecule has 0 radical (unpaired) electrons. The van der Waals surface area contributed by atoms with Crippen LogP contribution in [0.4, 0.5) is 0 Å². The van der Waals surface area contributed by atoms with E-state index in [9.17, 15) is 0 Å². The summed E-state index contributed by atoms with van der Waals surface area (Å²) in [6.45, 7) is 4.88. The van der Waals surface area contributed by atoms with E-state index in [-0.39, 0.29) is 6.61 Å². The van der Waals surface area contributed by atoms with Crippen molar-refractivity contribution in [3.05, 3.63) is 59.7 Å². The van der Waals surface area contributed by atoms with E-state index in [1.165, 1.54) is 42.6 Å². The Bertz CT molecular complexity index is 588. The van der Waals surface area contributed by atoms with Gasteiger partial charge in [-0.15, -0.1) is 0 Å². The minimum atomic E-state index is 0.105. The van der Waals surface area contributed by atoms with Crippen molar-refractivity contribution in [3.8, 4) is 11.1 Å². The number of likely N-dealkylation sites (tertiary alicyclic amines) is 1. The number of nitrogens with zero attached hydrogens (tertiary/aromatic N) is 1. The van der Waals surface area contributed by atoms with E-state index in [0.29, 0.717) is 0 Å². The van der Waals surface area contributed by atoms with Crippen LogP contribution in [0.5, 0.6) is 0 Å². The van der Waals surface area contributed by atoms with E-state index in [1.54, 1.807) is 0 Å². The zero-order valence-corrected chi connectivity index (χ0v) is 13.3. The molecule has 1 aliphatic rings. The van der Waals surface area contributed by atoms with Crippen LogP contribution in [0.1, 0.15) is 30.9 Å². The lowest BCUT2D eigenvalue weighted by molar-refractivity contribution is 0.272. The molecule has 116 valence electrons. The average Bonchev–Trinajstić information content (AvgIpc) is 2.99. The average molecular weight is 295 g/mol. The maximum Gasteiger partial charge on any atom is 0.0681 e. The van der Waals surface area contributed by atoms with Crippen LogP contribution in [0.2, 0.25) is 0 Å². The van der Waals surface area contributed by atoms with Crippen molar-refractivity contribution in [3.63, 3.8) is 0 Å². The third kappa shape index (κ3) is 3.57. The fraction of sp³-hybridized carbons (Fsp3) is 0.400. The highest BCUT2D eigenvalue weighted by Gasteiger charge is 2.19. The van der Waals surface area contributed by atoms with Crippen molar-refractivity contribution in [2.24, 2.45) is 0 Å². The molecule has 1 saturated heterocycles. The zero-order valence-electron chi connectivity index (χ0n) is 13.3. The zero-order chi connectivity index (χ0) is 15.4. The van der Waals surface area contributed by atoms with E-state index in [0.717, 1.165) is 18.0 Å². The van der Waals surface area contributed by atoms with Crippen LogP contribution < -0.4 is 0 Å². The van der Waals surface area contributed by atoms with Gasteiger partial charge in [0.2, 0.25) is 0 Å². The maximum absolute atomic E-state index is 9.10. The Morgan fingerprint density at radius 1 is 0.955 bits per heavy atom. The molecule has 2 aromatic rings. The van der Waals surface area contributed by atoms with E-state index in [2.05, 4.69) is 48.2 Å². The first kappa shape index (κ1) is 15.3. The highest BCUT2D eigenvalue weighted by Crippen LogP contribution is 2.21. The second-order valence-corrected chi connectivity index (χ2v) is 6.33. The van der Waals surface area contributed by atoms with Gasteiger partial charge in [-0.3, -0.25) is 0 Å². The standard InChI is InChI=1S/C20H25NO/c1-16-3-2-13-21(16)14-12-17-4-8-19(9-5-17)20-10-6-18(15-22)7-11-20/h4-11,16,22H,2-3,12-15H2,1H3/t16-/m1/s1. The van der Waals surface area contributed by atoms with Crippen LogP contribution in [0.15, 0.2) is 48.5 Å². The molecular weight excluding hydrogens is 270 g/mol. The predicted molar refractivity (Wildman–Crippen MR) is 91.8 cm³/mol. The highest BCUT2D eigenvalue weighted by molar-refractivity contribution is 5.63. The molecule has 0 saturated carbocycles. The van der Waals surface area contributed by atoms with Crippen molar-refractivity contribution in [1.29, 1.82) is 0 Å². The SMILES string of the molecule is C[C@@H]1CCCN1CCc1ccc(-c2ccc(CO)cc2)cc1. The van der Waals surface area contributed by atoms with Crippen LogP contribution in [0, 0.1) is 0 Å². The van der Waals surface area contributed by atoms with Gasteiger partial charge in [0.25, 0.3) is 0 Å². The minimum Gasteiger partial charge on any atom is -0.392 e. The lowest BCUT2D eigenvalue weighted by Crippen LogP contribution is -2.28. The maximum atomic E-state index is 9.10. The van der Waals surface area contributed by atoms with Gasteiger partial charge in [-0.25, -0.2) is 0 Å². The van der Waals surface area contributed by atoms with Crippen LogP contribution >= 0.6 is 0 Å². The van der Waals surface area contributed by atoms with Crippen molar-refractivity contribution < 1.29 is 5.11 Å². The number of benzene rings is 2. The Kier molecular flexibility index (Phi) is 4.91. The molecule has 1 N–H and O–H groups in total. The molecule has 3 rings (SSSR count). The van der Waals surface area contributed by atoms with Crippen molar-refractivity contribution in [1.82, 2.24) is 4.90 Å². The molecule has 22 heavy (non-hydrogen) atoms. The second kappa shape index (κ2) is 7.08. The Hall–Kier alpha value is -1.64. The molecule has 0 bridgehead atoms. The van der Waals surface area contributed by atoms with Crippen LogP contribution in [0.3, 0.4) is 0 Å². The summed E-state index contributed by atoms with van der Waals surface area (Å²) < 4.78 is 0. The fourth-order valence-corrected chi connectivity index (χ4v) is 3.26. The van der Waals surface area contributed by atoms with E-state index in [1.807, 2.05) is 12.1 Å². The third-order valence-corrected chi connectivity index (χ3v) is 4.80. The quantitative estimate of drug-likeness (QED) is 0.905. The first-order chi connectivity index (χ1) is 10.8. The molecule has 2 aromatic carbocycles. The summed E-state index contributed by atoms with van der Waals surface area (Å²) in [5.74, 6) is 0. The van der Waals surface area contributed by atoms with Crippen LogP contribution in [-0.2, 0) is 13.0 Å². The Labute approximate surface area is 133 Å². The van der Waals surface area contributed by atoms with Gasteiger partial charge in [0.15, 0.2) is 0 Å². The molecule has 1 fully saturated rings. The van der Waals surface area contributed by atoms with Gasteiger partial charge < -0.3 is 10.0 Å². The van der Waals surface area contributed by atoms with Crippen molar-refractivity contribution in [2.75, 3.05) is 13.1 Å². The van der Waals surface area contributed by atoms with Crippen molar-refractivity contribution in [2.45, 2.75) is 38.8 Å². The summed E-state index contributed by atoms with van der Waals surface area (Å²) in [5, 5.41) is 9.10. The van der Waals surface area contributed by atoms with Gasteiger partial charge in [-0.05, 0) is 55.0 Å². The topological polar surface area (TPSA) is 23.5 Å². The van der Waals surface area contributed by atoms with E-state index >= 15 is 0 Å². The van der Waals surface area contributed by atoms with Gasteiger partial charge in [-0.1, -0.05) is 48.5 Å². The van der Waals surface area contributed by atoms with E-state index < -0.39 is 0 Å². The predicted octanol–water partition coefficient (Wildman–Crippen LogP) is 3.87.